The van der Waals surface area contributed by atoms with E-state index in [1.54, 1.807) is 11.3 Å². The van der Waals surface area contributed by atoms with Crippen LogP contribution >= 0.6 is 27.3 Å². The number of amides is 1. The van der Waals surface area contributed by atoms with Gasteiger partial charge in [-0.1, -0.05) is 0 Å². The fourth-order valence-electron chi connectivity index (χ4n) is 3.28. The van der Waals surface area contributed by atoms with Gasteiger partial charge in [0, 0.05) is 22.1 Å². The number of nitrogens with zero attached hydrogens (tertiary/aromatic N) is 3. The lowest BCUT2D eigenvalue weighted by Gasteiger charge is -2.20. The molecule has 0 radical (unpaired) electrons. The molecule has 1 atom stereocenters. The number of halogens is 1. The number of carbonyl (C=O) groups excluding carboxylic acids is 1. The maximum Gasteiger partial charge on any atom is 0.234 e. The van der Waals surface area contributed by atoms with E-state index in [0.717, 1.165) is 41.7 Å². The van der Waals surface area contributed by atoms with E-state index in [-0.39, 0.29) is 11.9 Å². The van der Waals surface area contributed by atoms with Gasteiger partial charge in [0.15, 0.2) is 0 Å². The number of rotatable bonds is 4. The zero-order valence-electron chi connectivity index (χ0n) is 13.0. The van der Waals surface area contributed by atoms with E-state index in [2.05, 4.69) is 42.3 Å². The molecule has 7 heteroatoms. The van der Waals surface area contributed by atoms with Crippen LogP contribution in [0.4, 0.5) is 0 Å². The minimum atomic E-state index is -0.212. The van der Waals surface area contributed by atoms with Crippen LogP contribution in [0, 0.1) is 0 Å². The third-order valence-electron chi connectivity index (χ3n) is 4.43. The van der Waals surface area contributed by atoms with Crippen molar-refractivity contribution >= 4 is 38.8 Å². The van der Waals surface area contributed by atoms with E-state index in [4.69, 9.17) is 5.73 Å². The summed E-state index contributed by atoms with van der Waals surface area (Å²) >= 11 is 5.25. The molecule has 1 unspecified atom stereocenters. The molecule has 2 N–H and O–H groups in total. The quantitative estimate of drug-likeness (QED) is 0.725. The Morgan fingerprint density at radius 2 is 2.25 bits per heavy atom. The molecule has 24 heavy (non-hydrogen) atoms. The molecule has 5 nitrogen and oxygen atoms in total. The van der Waals surface area contributed by atoms with E-state index in [0.29, 0.717) is 0 Å². The van der Waals surface area contributed by atoms with Crippen molar-refractivity contribution in [3.05, 3.63) is 46.0 Å². The standard InChI is InChI=1S/C17H17BrN4OS/c18-11-3-6-16-20-8-14(22(16)9-11)15-5-4-12(24-15)10-21-7-1-2-13(21)17(19)23/h3-6,8-9,13H,1-2,7,10H2,(H2,19,23). The molecular formula is C17H17BrN4OS. The molecule has 0 spiro atoms. The van der Waals surface area contributed by atoms with Crippen molar-refractivity contribution in [1.82, 2.24) is 14.3 Å². The van der Waals surface area contributed by atoms with Crippen LogP contribution in [0.5, 0.6) is 0 Å². The van der Waals surface area contributed by atoms with Gasteiger partial charge in [-0.05, 0) is 59.6 Å². The molecule has 1 saturated heterocycles. The average molecular weight is 405 g/mol. The molecule has 1 amide bonds. The van der Waals surface area contributed by atoms with Gasteiger partial charge in [0.25, 0.3) is 0 Å². The summed E-state index contributed by atoms with van der Waals surface area (Å²) in [6, 6.07) is 8.11. The van der Waals surface area contributed by atoms with Crippen LogP contribution in [-0.2, 0) is 11.3 Å². The molecule has 1 aliphatic heterocycles. The molecule has 1 fully saturated rings. The number of primary amides is 1. The maximum absolute atomic E-state index is 11.5. The predicted molar refractivity (Wildman–Crippen MR) is 98.8 cm³/mol. The van der Waals surface area contributed by atoms with Crippen molar-refractivity contribution in [3.63, 3.8) is 0 Å². The Morgan fingerprint density at radius 3 is 3.08 bits per heavy atom. The summed E-state index contributed by atoms with van der Waals surface area (Å²) in [7, 11) is 0. The number of nitrogens with two attached hydrogens (primary N) is 1. The summed E-state index contributed by atoms with van der Waals surface area (Å²) in [4.78, 5) is 20.6. The molecule has 0 aromatic carbocycles. The number of aromatic nitrogens is 2. The highest BCUT2D eigenvalue weighted by Crippen LogP contribution is 2.31. The maximum atomic E-state index is 11.5. The summed E-state index contributed by atoms with van der Waals surface area (Å²) in [5, 5.41) is 0. The zero-order chi connectivity index (χ0) is 16.7. The Hall–Kier alpha value is -1.70. The van der Waals surface area contributed by atoms with Gasteiger partial charge in [-0.15, -0.1) is 11.3 Å². The SMILES string of the molecule is NC(=O)C1CCCN1Cc1ccc(-c2cnc3ccc(Br)cn23)s1. The van der Waals surface area contributed by atoms with E-state index in [1.165, 1.54) is 9.75 Å². The zero-order valence-corrected chi connectivity index (χ0v) is 15.4. The van der Waals surface area contributed by atoms with Gasteiger partial charge in [-0.25, -0.2) is 4.98 Å². The summed E-state index contributed by atoms with van der Waals surface area (Å²) < 4.78 is 3.11. The van der Waals surface area contributed by atoms with Gasteiger partial charge in [0.1, 0.15) is 5.65 Å². The highest BCUT2D eigenvalue weighted by Gasteiger charge is 2.29. The number of thiophene rings is 1. The Labute approximate surface area is 152 Å². The number of imidazole rings is 1. The molecule has 0 bridgehead atoms. The van der Waals surface area contributed by atoms with Crippen LogP contribution in [0.3, 0.4) is 0 Å². The number of pyridine rings is 1. The Morgan fingerprint density at radius 1 is 1.38 bits per heavy atom. The fraction of sp³-hybridized carbons (Fsp3) is 0.294. The van der Waals surface area contributed by atoms with E-state index >= 15 is 0 Å². The van der Waals surface area contributed by atoms with Gasteiger partial charge in [-0.2, -0.15) is 0 Å². The Kier molecular flexibility index (Phi) is 4.15. The van der Waals surface area contributed by atoms with Crippen molar-refractivity contribution in [1.29, 1.82) is 0 Å². The summed E-state index contributed by atoms with van der Waals surface area (Å²) in [6.45, 7) is 1.71. The lowest BCUT2D eigenvalue weighted by Crippen LogP contribution is -2.39. The first-order valence-electron chi connectivity index (χ1n) is 7.87. The third kappa shape index (κ3) is 2.87. The van der Waals surface area contributed by atoms with E-state index < -0.39 is 0 Å². The first kappa shape index (κ1) is 15.8. The topological polar surface area (TPSA) is 63.6 Å². The predicted octanol–water partition coefficient (Wildman–Crippen LogP) is 3.28. The summed E-state index contributed by atoms with van der Waals surface area (Å²) in [5.41, 5.74) is 7.51. The second-order valence-corrected chi connectivity index (χ2v) is 8.10. The smallest absolute Gasteiger partial charge is 0.234 e. The molecule has 3 aromatic rings. The van der Waals surface area contributed by atoms with Crippen LogP contribution in [0.2, 0.25) is 0 Å². The first-order valence-corrected chi connectivity index (χ1v) is 9.48. The van der Waals surface area contributed by atoms with Crippen molar-refractivity contribution in [3.8, 4) is 10.6 Å². The number of fused-ring (bicyclic) bond motifs is 1. The van der Waals surface area contributed by atoms with Gasteiger partial charge in [0.2, 0.25) is 5.91 Å². The normalized spacial score (nSPS) is 18.5. The number of hydrogen-bond acceptors (Lipinski definition) is 4. The number of carbonyl (C=O) groups is 1. The number of likely N-dealkylation sites (tertiary alicyclic amines) is 1. The lowest BCUT2D eigenvalue weighted by atomic mass is 10.2. The molecule has 4 rings (SSSR count). The van der Waals surface area contributed by atoms with Crippen LogP contribution in [0.25, 0.3) is 16.2 Å². The summed E-state index contributed by atoms with van der Waals surface area (Å²) in [6.07, 6.45) is 5.84. The minimum Gasteiger partial charge on any atom is -0.368 e. The van der Waals surface area contributed by atoms with Crippen molar-refractivity contribution in [2.24, 2.45) is 5.73 Å². The van der Waals surface area contributed by atoms with Crippen molar-refractivity contribution in [2.45, 2.75) is 25.4 Å². The van der Waals surface area contributed by atoms with Crippen LogP contribution in [-0.4, -0.2) is 32.8 Å². The van der Waals surface area contributed by atoms with Gasteiger partial charge >= 0.3 is 0 Å². The third-order valence-corrected chi connectivity index (χ3v) is 6.00. The molecular weight excluding hydrogens is 388 g/mol. The second-order valence-electron chi connectivity index (χ2n) is 6.02. The highest BCUT2D eigenvalue weighted by atomic mass is 79.9. The fourth-order valence-corrected chi connectivity index (χ4v) is 4.65. The number of hydrogen-bond donors (Lipinski definition) is 1. The van der Waals surface area contributed by atoms with Crippen LogP contribution < -0.4 is 5.73 Å². The second kappa shape index (κ2) is 6.31. The Balaban J connectivity index is 1.60. The lowest BCUT2D eigenvalue weighted by molar-refractivity contribution is -0.122. The monoisotopic (exact) mass is 404 g/mol. The van der Waals surface area contributed by atoms with E-state index in [9.17, 15) is 4.79 Å². The van der Waals surface area contributed by atoms with Gasteiger partial charge in [0.05, 0.1) is 22.8 Å². The first-order chi connectivity index (χ1) is 11.6. The highest BCUT2D eigenvalue weighted by molar-refractivity contribution is 9.10. The Bertz CT molecular complexity index is 903. The molecule has 0 aliphatic carbocycles. The largest absolute Gasteiger partial charge is 0.368 e. The molecule has 3 aromatic heterocycles. The molecule has 124 valence electrons. The molecule has 0 saturated carbocycles. The van der Waals surface area contributed by atoms with Gasteiger partial charge < -0.3 is 5.73 Å². The van der Waals surface area contributed by atoms with Gasteiger partial charge in [-0.3, -0.25) is 14.1 Å². The van der Waals surface area contributed by atoms with Crippen molar-refractivity contribution in [2.75, 3.05) is 6.54 Å². The van der Waals surface area contributed by atoms with Crippen LogP contribution in [0.1, 0.15) is 17.7 Å². The van der Waals surface area contributed by atoms with E-state index in [1.807, 2.05) is 24.5 Å². The molecule has 4 heterocycles. The summed E-state index contributed by atoms with van der Waals surface area (Å²) in [5.74, 6) is -0.212. The minimum absolute atomic E-state index is 0.123. The average Bonchev–Trinajstić information content (AvgIpc) is 3.26. The molecule has 1 aliphatic rings. The van der Waals surface area contributed by atoms with Crippen LogP contribution in [0.15, 0.2) is 41.1 Å². The van der Waals surface area contributed by atoms with Crippen molar-refractivity contribution < 1.29 is 4.79 Å².